The first-order valence-electron chi connectivity index (χ1n) is 7.81. The molecule has 2 aromatic rings. The van der Waals surface area contributed by atoms with Gasteiger partial charge in [0, 0.05) is 38.1 Å². The number of carboxylic acids is 1. The molecule has 0 spiro atoms. The van der Waals surface area contributed by atoms with Crippen LogP contribution in [0.25, 0.3) is 0 Å². The van der Waals surface area contributed by atoms with Crippen LogP contribution in [0, 0.1) is 0 Å². The summed E-state index contributed by atoms with van der Waals surface area (Å²) in [7, 11) is 0. The van der Waals surface area contributed by atoms with Gasteiger partial charge in [0.1, 0.15) is 5.82 Å². The van der Waals surface area contributed by atoms with Gasteiger partial charge in [-0.2, -0.15) is 13.2 Å². The molecule has 5 nitrogen and oxygen atoms in total. The number of benzene rings is 1. The van der Waals surface area contributed by atoms with Crippen LogP contribution < -0.4 is 9.80 Å². The number of alkyl halides is 3. The van der Waals surface area contributed by atoms with Crippen LogP contribution in [0.3, 0.4) is 0 Å². The van der Waals surface area contributed by atoms with Gasteiger partial charge in [-0.05, 0) is 30.3 Å². The molecule has 1 N–H and O–H groups in total. The molecule has 0 amide bonds. The van der Waals surface area contributed by atoms with Gasteiger partial charge >= 0.3 is 12.1 Å². The molecule has 0 bridgehead atoms. The van der Waals surface area contributed by atoms with Gasteiger partial charge in [0.15, 0.2) is 0 Å². The molecule has 26 heavy (non-hydrogen) atoms. The average Bonchev–Trinajstić information content (AvgIpc) is 2.61. The fraction of sp³-hybridized carbons (Fsp3) is 0.294. The molecule has 9 heteroatoms. The van der Waals surface area contributed by atoms with E-state index < -0.39 is 17.7 Å². The van der Waals surface area contributed by atoms with Crippen LogP contribution in [0.4, 0.5) is 24.7 Å². The second-order valence-corrected chi connectivity index (χ2v) is 6.26. The van der Waals surface area contributed by atoms with Crippen LogP contribution in [0.1, 0.15) is 15.9 Å². The van der Waals surface area contributed by atoms with Gasteiger partial charge in [-0.1, -0.05) is 11.6 Å². The Labute approximate surface area is 152 Å². The van der Waals surface area contributed by atoms with Crippen molar-refractivity contribution in [1.29, 1.82) is 0 Å². The van der Waals surface area contributed by atoms with E-state index >= 15 is 0 Å². The van der Waals surface area contributed by atoms with Crippen molar-refractivity contribution in [2.45, 2.75) is 6.18 Å². The predicted octanol–water partition coefficient (Wildman–Crippen LogP) is 3.78. The van der Waals surface area contributed by atoms with E-state index in [-0.39, 0.29) is 10.6 Å². The molecule has 3 rings (SSSR count). The lowest BCUT2D eigenvalue weighted by Gasteiger charge is -2.37. The van der Waals surface area contributed by atoms with Crippen molar-refractivity contribution >= 4 is 29.1 Å². The summed E-state index contributed by atoms with van der Waals surface area (Å²) in [6.45, 7) is 2.31. The molecule has 1 aromatic heterocycles. The summed E-state index contributed by atoms with van der Waals surface area (Å²) >= 11 is 6.00. The van der Waals surface area contributed by atoms with Crippen LogP contribution in [0.2, 0.25) is 5.02 Å². The Morgan fingerprint density at radius 1 is 1.08 bits per heavy atom. The first-order valence-corrected chi connectivity index (χ1v) is 8.19. The van der Waals surface area contributed by atoms with E-state index in [1.807, 2.05) is 4.90 Å². The number of hydrogen-bond donors (Lipinski definition) is 1. The van der Waals surface area contributed by atoms with Gasteiger partial charge < -0.3 is 14.9 Å². The summed E-state index contributed by atoms with van der Waals surface area (Å²) in [5.41, 5.74) is 0.234. The number of halogens is 4. The SMILES string of the molecule is O=C(O)c1ccc(N2CCN(c3ncc(C(F)(F)F)cc3Cl)CC2)cc1. The maximum Gasteiger partial charge on any atom is 0.417 e. The number of rotatable bonds is 3. The van der Waals surface area contributed by atoms with Crippen LogP contribution in [0.5, 0.6) is 0 Å². The van der Waals surface area contributed by atoms with Crippen molar-refractivity contribution in [2.75, 3.05) is 36.0 Å². The van der Waals surface area contributed by atoms with Gasteiger partial charge in [0.2, 0.25) is 0 Å². The van der Waals surface area contributed by atoms with E-state index in [0.29, 0.717) is 32.0 Å². The Morgan fingerprint density at radius 2 is 1.65 bits per heavy atom. The summed E-state index contributed by atoms with van der Waals surface area (Å²) in [6.07, 6.45) is -3.69. The molecular weight excluding hydrogens is 371 g/mol. The molecule has 2 heterocycles. The zero-order valence-electron chi connectivity index (χ0n) is 13.5. The van der Waals surface area contributed by atoms with E-state index in [1.54, 1.807) is 24.3 Å². The normalized spacial score (nSPS) is 15.2. The van der Waals surface area contributed by atoms with Gasteiger partial charge in [-0.3, -0.25) is 0 Å². The summed E-state index contributed by atoms with van der Waals surface area (Å²) in [6, 6.07) is 7.45. The molecule has 0 atom stereocenters. The van der Waals surface area contributed by atoms with E-state index in [2.05, 4.69) is 9.88 Å². The topological polar surface area (TPSA) is 56.7 Å². The number of pyridine rings is 1. The quantitative estimate of drug-likeness (QED) is 0.871. The summed E-state index contributed by atoms with van der Waals surface area (Å²) < 4.78 is 38.1. The molecule has 0 saturated carbocycles. The molecule has 0 aliphatic carbocycles. The zero-order chi connectivity index (χ0) is 18.9. The Kier molecular flexibility index (Phi) is 4.95. The summed E-state index contributed by atoms with van der Waals surface area (Å²) in [4.78, 5) is 18.7. The maximum absolute atomic E-state index is 12.7. The van der Waals surface area contributed by atoms with Crippen molar-refractivity contribution in [1.82, 2.24) is 4.98 Å². The highest BCUT2D eigenvalue weighted by Crippen LogP contribution is 2.34. The van der Waals surface area contributed by atoms with E-state index in [9.17, 15) is 18.0 Å². The number of piperazine rings is 1. The van der Waals surface area contributed by atoms with Crippen molar-refractivity contribution in [3.05, 3.63) is 52.7 Å². The third kappa shape index (κ3) is 3.85. The molecule has 0 unspecified atom stereocenters. The Morgan fingerprint density at radius 3 is 2.15 bits per heavy atom. The number of nitrogens with zero attached hydrogens (tertiary/aromatic N) is 3. The number of carboxylic acid groups (broad SMARTS) is 1. The molecule has 138 valence electrons. The highest BCUT2D eigenvalue weighted by molar-refractivity contribution is 6.33. The molecule has 0 radical (unpaired) electrons. The summed E-state index contributed by atoms with van der Waals surface area (Å²) in [5.74, 6) is -0.648. The number of aromatic nitrogens is 1. The number of aromatic carboxylic acids is 1. The summed E-state index contributed by atoms with van der Waals surface area (Å²) in [5, 5.41) is 8.90. The molecule has 1 aliphatic rings. The number of carbonyl (C=O) groups is 1. The molecule has 1 aliphatic heterocycles. The highest BCUT2D eigenvalue weighted by Gasteiger charge is 2.32. The van der Waals surface area contributed by atoms with E-state index in [4.69, 9.17) is 16.7 Å². The van der Waals surface area contributed by atoms with Crippen molar-refractivity contribution in [3.8, 4) is 0 Å². The van der Waals surface area contributed by atoms with Crippen LogP contribution in [-0.4, -0.2) is 42.2 Å². The molecule has 1 fully saturated rings. The third-order valence-electron chi connectivity index (χ3n) is 4.21. The van der Waals surface area contributed by atoms with E-state index in [1.165, 1.54) is 0 Å². The van der Waals surface area contributed by atoms with Crippen molar-refractivity contribution in [2.24, 2.45) is 0 Å². The maximum atomic E-state index is 12.7. The van der Waals surface area contributed by atoms with Crippen molar-refractivity contribution in [3.63, 3.8) is 0 Å². The fourth-order valence-electron chi connectivity index (χ4n) is 2.81. The van der Waals surface area contributed by atoms with Crippen molar-refractivity contribution < 1.29 is 23.1 Å². The van der Waals surface area contributed by atoms with Crippen LogP contribution >= 0.6 is 11.6 Å². The molecular formula is C17H15ClF3N3O2. The first kappa shape index (κ1) is 18.3. The van der Waals surface area contributed by atoms with Gasteiger partial charge in [0.05, 0.1) is 16.1 Å². The smallest absolute Gasteiger partial charge is 0.417 e. The highest BCUT2D eigenvalue weighted by atomic mass is 35.5. The average molecular weight is 386 g/mol. The fourth-order valence-corrected chi connectivity index (χ4v) is 3.10. The second-order valence-electron chi connectivity index (χ2n) is 5.85. The third-order valence-corrected chi connectivity index (χ3v) is 4.49. The van der Waals surface area contributed by atoms with Gasteiger partial charge in [0.25, 0.3) is 0 Å². The largest absolute Gasteiger partial charge is 0.478 e. The van der Waals surface area contributed by atoms with Crippen LogP contribution in [-0.2, 0) is 6.18 Å². The lowest BCUT2D eigenvalue weighted by molar-refractivity contribution is -0.137. The van der Waals surface area contributed by atoms with Gasteiger partial charge in [-0.25, -0.2) is 9.78 Å². The minimum Gasteiger partial charge on any atom is -0.478 e. The Balaban J connectivity index is 1.67. The molecule has 1 aromatic carbocycles. The standard InChI is InChI=1S/C17H15ClF3N3O2/c18-14-9-12(17(19,20)21)10-22-15(14)24-7-5-23(6-8-24)13-3-1-11(2-4-13)16(25)26/h1-4,9-10H,5-8H2,(H,25,26). The zero-order valence-corrected chi connectivity index (χ0v) is 14.3. The lowest BCUT2D eigenvalue weighted by atomic mass is 10.2. The minimum absolute atomic E-state index is 0.0286. The first-order chi connectivity index (χ1) is 12.3. The monoisotopic (exact) mass is 385 g/mol. The Hall–Kier alpha value is -2.48. The van der Waals surface area contributed by atoms with E-state index in [0.717, 1.165) is 18.0 Å². The lowest BCUT2D eigenvalue weighted by Crippen LogP contribution is -2.47. The number of hydrogen-bond acceptors (Lipinski definition) is 4. The number of anilines is 2. The molecule has 1 saturated heterocycles. The Bertz CT molecular complexity index is 804. The second kappa shape index (κ2) is 7.03. The van der Waals surface area contributed by atoms with Crippen LogP contribution in [0.15, 0.2) is 36.5 Å². The van der Waals surface area contributed by atoms with Gasteiger partial charge in [-0.15, -0.1) is 0 Å². The predicted molar refractivity (Wildman–Crippen MR) is 92.1 cm³/mol. The minimum atomic E-state index is -4.48.